The summed E-state index contributed by atoms with van der Waals surface area (Å²) in [5, 5.41) is 0. The Balaban J connectivity index is 4.56. The Labute approximate surface area is 101 Å². The van der Waals surface area contributed by atoms with Crippen molar-refractivity contribution >= 4 is 9.05 Å². The van der Waals surface area contributed by atoms with Gasteiger partial charge in [-0.25, -0.2) is 0 Å². The quantitative estimate of drug-likeness (QED) is 0.559. The van der Waals surface area contributed by atoms with Gasteiger partial charge < -0.3 is 17.7 Å². The zero-order valence-corrected chi connectivity index (χ0v) is 12.2. The predicted octanol–water partition coefficient (Wildman–Crippen LogP) is 2.74. The van der Waals surface area contributed by atoms with Gasteiger partial charge in [0, 0.05) is 19.8 Å². The van der Waals surface area contributed by atoms with Gasteiger partial charge in [-0.3, -0.25) is 0 Å². The van der Waals surface area contributed by atoms with Crippen molar-refractivity contribution in [2.45, 2.75) is 53.6 Å². The Bertz CT molecular complexity index is 145. The molecule has 0 N–H and O–H groups in total. The first kappa shape index (κ1) is 16.1. The van der Waals surface area contributed by atoms with E-state index >= 15 is 0 Å². The average Bonchev–Trinajstić information content (AvgIpc) is 2.27. The van der Waals surface area contributed by atoms with Crippen LogP contribution in [0.15, 0.2) is 0 Å². The van der Waals surface area contributed by atoms with Gasteiger partial charge in [-0.05, 0) is 33.6 Å². The summed E-state index contributed by atoms with van der Waals surface area (Å²) in [5.74, 6) is 0. The molecule has 0 aliphatic rings. The van der Waals surface area contributed by atoms with Gasteiger partial charge in [0.1, 0.15) is 0 Å². The number of hydrogen-bond donors (Lipinski definition) is 0. The lowest BCUT2D eigenvalue weighted by atomic mass is 10.2. The van der Waals surface area contributed by atoms with E-state index in [-0.39, 0.29) is 6.10 Å². The van der Waals surface area contributed by atoms with E-state index in [0.29, 0.717) is 19.8 Å². The van der Waals surface area contributed by atoms with E-state index in [1.54, 1.807) is 0 Å². The molecule has 0 spiro atoms. The zero-order valence-electron chi connectivity index (χ0n) is 11.2. The molecule has 0 aromatic carbocycles. The predicted molar refractivity (Wildman–Crippen MR) is 66.1 cm³/mol. The molecule has 0 atom stereocenters. The largest absolute Gasteiger partial charge is 0.679 e. The summed E-state index contributed by atoms with van der Waals surface area (Å²) in [7, 11) is -2.90. The van der Waals surface area contributed by atoms with Gasteiger partial charge in [-0.1, -0.05) is 13.8 Å². The van der Waals surface area contributed by atoms with Crippen LogP contribution in [0.3, 0.4) is 0 Å². The minimum Gasteiger partial charge on any atom is -0.351 e. The van der Waals surface area contributed by atoms with Crippen molar-refractivity contribution < 1.29 is 17.7 Å². The van der Waals surface area contributed by atoms with E-state index < -0.39 is 9.05 Å². The van der Waals surface area contributed by atoms with Crippen LogP contribution in [-0.2, 0) is 17.7 Å². The lowest BCUT2D eigenvalue weighted by Gasteiger charge is -2.30. The molecule has 98 valence electrons. The highest BCUT2D eigenvalue weighted by Gasteiger charge is 2.46. The van der Waals surface area contributed by atoms with Gasteiger partial charge in [0.05, 0.1) is 6.10 Å². The first-order valence-corrected chi connectivity index (χ1v) is 7.90. The minimum atomic E-state index is -2.90. The highest BCUT2D eigenvalue weighted by Crippen LogP contribution is 2.17. The molecule has 0 unspecified atom stereocenters. The fourth-order valence-electron chi connectivity index (χ4n) is 1.42. The molecule has 0 fully saturated rings. The van der Waals surface area contributed by atoms with Crippen LogP contribution < -0.4 is 0 Å². The van der Waals surface area contributed by atoms with E-state index in [2.05, 4.69) is 13.8 Å². The Kier molecular flexibility index (Phi) is 9.16. The molecule has 0 radical (unpaired) electrons. The molecule has 0 heterocycles. The third-order valence-electron chi connectivity index (χ3n) is 2.19. The highest BCUT2D eigenvalue weighted by molar-refractivity contribution is 6.53. The molecule has 16 heavy (non-hydrogen) atoms. The van der Waals surface area contributed by atoms with E-state index in [9.17, 15) is 0 Å². The van der Waals surface area contributed by atoms with Crippen molar-refractivity contribution in [3.05, 3.63) is 0 Å². The molecule has 0 rings (SSSR count). The van der Waals surface area contributed by atoms with Crippen LogP contribution in [0.4, 0.5) is 0 Å². The van der Waals surface area contributed by atoms with E-state index in [0.717, 1.165) is 12.8 Å². The molecule has 0 amide bonds. The molecule has 0 saturated carbocycles. The summed E-state index contributed by atoms with van der Waals surface area (Å²) in [6.45, 7) is 11.6. The zero-order chi connectivity index (χ0) is 12.4. The Morgan fingerprint density at radius 1 is 0.750 bits per heavy atom. The van der Waals surface area contributed by atoms with Crippen LogP contribution in [0.2, 0.25) is 0 Å². The van der Waals surface area contributed by atoms with Crippen molar-refractivity contribution in [2.75, 3.05) is 19.8 Å². The summed E-state index contributed by atoms with van der Waals surface area (Å²) >= 11 is 0. The monoisotopic (exact) mass is 250 g/mol. The van der Waals surface area contributed by atoms with Gasteiger partial charge in [0.2, 0.25) is 0 Å². The molecule has 5 heteroatoms. The summed E-state index contributed by atoms with van der Waals surface area (Å²) < 4.78 is 22.8. The van der Waals surface area contributed by atoms with E-state index in [1.807, 2.05) is 20.8 Å². The first-order valence-electron chi connectivity index (χ1n) is 6.27. The van der Waals surface area contributed by atoms with Gasteiger partial charge in [0.25, 0.3) is 0 Å². The summed E-state index contributed by atoms with van der Waals surface area (Å²) in [5.41, 5.74) is 0. The van der Waals surface area contributed by atoms with Crippen LogP contribution in [0.5, 0.6) is 0 Å². The lowest BCUT2D eigenvalue weighted by Crippen LogP contribution is -2.51. The number of hydrogen-bond acceptors (Lipinski definition) is 4. The number of rotatable bonds is 10. The molecule has 0 aromatic heterocycles. The van der Waals surface area contributed by atoms with E-state index in [1.165, 1.54) is 0 Å². The third kappa shape index (κ3) is 5.40. The maximum absolute atomic E-state index is 5.93. The third-order valence-corrected chi connectivity index (χ3v) is 4.73. The fraction of sp³-hybridized carbons (Fsp3) is 1.00. The topological polar surface area (TPSA) is 36.9 Å². The molecular formula is C11H26O4Si. The van der Waals surface area contributed by atoms with Crippen molar-refractivity contribution in [2.24, 2.45) is 0 Å². The summed E-state index contributed by atoms with van der Waals surface area (Å²) in [6, 6.07) is 0. The standard InChI is InChI=1S/C11H26O4Si/c1-6-11(7-2)15-16(12-8-3,13-9-4)14-10-5/h11H,6-10H2,1-5H3. The second-order valence-electron chi connectivity index (χ2n) is 3.36. The van der Waals surface area contributed by atoms with Gasteiger partial charge in [-0.2, -0.15) is 0 Å². The van der Waals surface area contributed by atoms with Crippen LogP contribution in [-0.4, -0.2) is 35.0 Å². The molecule has 0 aromatic rings. The van der Waals surface area contributed by atoms with Crippen LogP contribution in [0.1, 0.15) is 47.5 Å². The van der Waals surface area contributed by atoms with Crippen LogP contribution in [0, 0.1) is 0 Å². The maximum atomic E-state index is 5.93. The SMILES string of the molecule is CCO[Si](OCC)(OCC)OC(CC)CC. The minimum absolute atomic E-state index is 0.149. The fourth-order valence-corrected chi connectivity index (χ4v) is 3.67. The Hall–Kier alpha value is 0.0569. The van der Waals surface area contributed by atoms with Gasteiger partial charge in [0.15, 0.2) is 0 Å². The average molecular weight is 250 g/mol. The van der Waals surface area contributed by atoms with Crippen LogP contribution in [0.25, 0.3) is 0 Å². The molecule has 4 nitrogen and oxygen atoms in total. The normalized spacial score (nSPS) is 12.4. The Morgan fingerprint density at radius 2 is 1.12 bits per heavy atom. The molecule has 0 saturated heterocycles. The van der Waals surface area contributed by atoms with Gasteiger partial charge in [-0.15, -0.1) is 0 Å². The molecular weight excluding hydrogens is 224 g/mol. The maximum Gasteiger partial charge on any atom is 0.679 e. The van der Waals surface area contributed by atoms with Crippen molar-refractivity contribution in [3.8, 4) is 0 Å². The van der Waals surface area contributed by atoms with E-state index in [4.69, 9.17) is 17.7 Å². The summed E-state index contributed by atoms with van der Waals surface area (Å²) in [4.78, 5) is 0. The van der Waals surface area contributed by atoms with Crippen molar-refractivity contribution in [3.63, 3.8) is 0 Å². The highest BCUT2D eigenvalue weighted by atomic mass is 28.4. The molecule has 0 bridgehead atoms. The van der Waals surface area contributed by atoms with Crippen molar-refractivity contribution in [1.29, 1.82) is 0 Å². The van der Waals surface area contributed by atoms with Crippen LogP contribution >= 0.6 is 0 Å². The lowest BCUT2D eigenvalue weighted by molar-refractivity contribution is -0.0514. The first-order chi connectivity index (χ1) is 7.67. The van der Waals surface area contributed by atoms with Gasteiger partial charge >= 0.3 is 9.05 Å². The summed E-state index contributed by atoms with van der Waals surface area (Å²) in [6.07, 6.45) is 2.04. The smallest absolute Gasteiger partial charge is 0.351 e. The Morgan fingerprint density at radius 3 is 1.38 bits per heavy atom. The molecule has 0 aliphatic carbocycles. The molecule has 0 aliphatic heterocycles. The second kappa shape index (κ2) is 9.12. The second-order valence-corrected chi connectivity index (χ2v) is 5.46. The van der Waals surface area contributed by atoms with Crippen molar-refractivity contribution in [1.82, 2.24) is 0 Å².